The molecule has 69 heavy (non-hydrogen) atoms. The van der Waals surface area contributed by atoms with Gasteiger partial charge in [0.25, 0.3) is 5.88 Å². The molecule has 5 aromatic heterocycles. The van der Waals surface area contributed by atoms with Crippen LogP contribution in [0.5, 0.6) is 11.8 Å². The number of carbonyl (C=O) groups is 2. The number of nitrogens with zero attached hydrogens (tertiary/aromatic N) is 7. The van der Waals surface area contributed by atoms with Gasteiger partial charge in [-0.2, -0.15) is 0 Å². The van der Waals surface area contributed by atoms with Crippen molar-refractivity contribution >= 4 is 45.0 Å². The van der Waals surface area contributed by atoms with E-state index in [4.69, 9.17) is 18.7 Å². The minimum atomic E-state index is -0.821. The van der Waals surface area contributed by atoms with E-state index in [9.17, 15) is 14.7 Å². The SMILES string of the molecule is Cc1ncsc1-c1ccc([C@H](C)NC(=O)[C@@H]2C[C@@H](O)CN2C(=O)C(c2cc(OCCN3CCC(OC4CC(Oc5ccc(-c6ccc7c8cnccc8n(C)c7c6)cn5)C4)CC3)no2)C(C)C)cc1. The summed E-state index contributed by atoms with van der Waals surface area (Å²) in [5, 5.41) is 20.3. The number of benzene rings is 2. The van der Waals surface area contributed by atoms with E-state index in [-0.39, 0.29) is 55.1 Å². The maximum absolute atomic E-state index is 14.2. The summed E-state index contributed by atoms with van der Waals surface area (Å²) in [6, 6.07) is 21.2. The lowest BCUT2D eigenvalue weighted by Gasteiger charge is -2.39. The molecule has 0 spiro atoms. The molecule has 2 aromatic carbocycles. The lowest BCUT2D eigenvalue weighted by Crippen LogP contribution is -2.48. The summed E-state index contributed by atoms with van der Waals surface area (Å²) < 4.78 is 26.7. The molecule has 10 rings (SSSR count). The lowest BCUT2D eigenvalue weighted by molar-refractivity contribution is -0.141. The van der Waals surface area contributed by atoms with E-state index < -0.39 is 18.1 Å². The van der Waals surface area contributed by atoms with Crippen LogP contribution in [0.2, 0.25) is 0 Å². The fraction of sp³-hybridized carbons (Fsp3) is 0.434. The summed E-state index contributed by atoms with van der Waals surface area (Å²) in [4.78, 5) is 46.2. The van der Waals surface area contributed by atoms with Gasteiger partial charge in [-0.05, 0) is 72.7 Å². The number of ether oxygens (including phenoxy) is 3. The number of rotatable bonds is 16. The first kappa shape index (κ1) is 46.5. The predicted molar refractivity (Wildman–Crippen MR) is 264 cm³/mol. The summed E-state index contributed by atoms with van der Waals surface area (Å²) in [7, 11) is 2.09. The van der Waals surface area contributed by atoms with Gasteiger partial charge in [0, 0.05) is 105 Å². The molecule has 7 aromatic rings. The molecule has 0 radical (unpaired) electrons. The number of nitrogens with one attached hydrogen (secondary N) is 1. The Morgan fingerprint density at radius 3 is 2.39 bits per heavy atom. The zero-order chi connectivity index (χ0) is 47.8. The van der Waals surface area contributed by atoms with Crippen molar-refractivity contribution in [3.63, 3.8) is 0 Å². The first-order valence-corrected chi connectivity index (χ1v) is 25.1. The van der Waals surface area contributed by atoms with Crippen LogP contribution in [-0.2, 0) is 21.4 Å². The lowest BCUT2D eigenvalue weighted by atomic mass is 9.91. The molecule has 360 valence electrons. The Hall–Kier alpha value is -6.20. The number of piperidine rings is 1. The zero-order valence-corrected chi connectivity index (χ0v) is 40.6. The topological polar surface area (TPSA) is 170 Å². The van der Waals surface area contributed by atoms with Crippen LogP contribution in [0.15, 0.2) is 95.4 Å². The molecule has 4 atom stereocenters. The number of aryl methyl sites for hydroxylation is 2. The molecule has 7 heterocycles. The number of aliphatic hydroxyl groups excluding tert-OH is 1. The summed E-state index contributed by atoms with van der Waals surface area (Å²) in [6.45, 7) is 10.8. The maximum atomic E-state index is 14.2. The van der Waals surface area contributed by atoms with Crippen molar-refractivity contribution in [2.45, 2.75) is 102 Å². The number of aliphatic hydroxyl groups is 1. The predicted octanol–water partition coefficient (Wildman–Crippen LogP) is 8.26. The number of carbonyl (C=O) groups excluding carboxylic acids is 2. The number of β-amino-alcohol motifs (C(OH)–C–C–N with tert-alkyl or cyclic N) is 1. The second-order valence-corrected chi connectivity index (χ2v) is 20.1. The summed E-state index contributed by atoms with van der Waals surface area (Å²) in [6.07, 6.45) is 9.08. The Bertz CT molecular complexity index is 2900. The summed E-state index contributed by atoms with van der Waals surface area (Å²) in [5.74, 6) is -0.157. The third-order valence-corrected chi connectivity index (χ3v) is 15.2. The van der Waals surface area contributed by atoms with Crippen molar-refractivity contribution in [1.82, 2.24) is 39.8 Å². The highest BCUT2D eigenvalue weighted by atomic mass is 32.1. The standard InChI is InChI=1S/C53H60N8O7S/c1-31(2)50(53(64)61-29-38(62)23-46(61)52(63)57-32(3)34-6-8-35(9-7-34)51-33(4)56-30-69-51)47-26-49(58-68-47)65-21-20-60-18-15-39(16-19-60)66-40-24-41(25-40)67-48-13-11-37(27-55-48)36-10-12-42-43-28-54-17-14-44(43)59(5)45(42)22-36/h6-14,17,22,26-28,30-32,38-41,46,50,62H,15-16,18-21,23-25,29H2,1-5H3,(H,57,63)/t32-,38+,40?,41?,46-,50?/m0/s1. The van der Waals surface area contributed by atoms with Gasteiger partial charge in [-0.15, -0.1) is 11.3 Å². The monoisotopic (exact) mass is 952 g/mol. The van der Waals surface area contributed by atoms with Gasteiger partial charge in [-0.25, -0.2) is 9.97 Å². The highest BCUT2D eigenvalue weighted by molar-refractivity contribution is 7.13. The van der Waals surface area contributed by atoms with Gasteiger partial charge in [-0.3, -0.25) is 19.5 Å². The molecule has 15 nitrogen and oxygen atoms in total. The number of likely N-dealkylation sites (tertiary alicyclic amines) is 2. The van der Waals surface area contributed by atoms with E-state index >= 15 is 0 Å². The average Bonchev–Trinajstić information content (AvgIpc) is 4.15. The minimum absolute atomic E-state index is 0.0600. The highest BCUT2D eigenvalue weighted by Gasteiger charge is 2.44. The molecule has 2 amide bonds. The van der Waals surface area contributed by atoms with E-state index in [0.29, 0.717) is 24.1 Å². The Morgan fingerprint density at radius 1 is 0.870 bits per heavy atom. The third kappa shape index (κ3) is 9.98. The molecule has 16 heteroatoms. The first-order valence-electron chi connectivity index (χ1n) is 24.2. The van der Waals surface area contributed by atoms with Crippen LogP contribution in [0.1, 0.15) is 81.9 Å². The second-order valence-electron chi connectivity index (χ2n) is 19.2. The average molecular weight is 953 g/mol. The Morgan fingerprint density at radius 2 is 1.65 bits per heavy atom. The molecular weight excluding hydrogens is 893 g/mol. The van der Waals surface area contributed by atoms with Crippen LogP contribution in [-0.4, -0.2) is 115 Å². The fourth-order valence-electron chi connectivity index (χ4n) is 10.2. The molecule has 2 N–H and O–H groups in total. The minimum Gasteiger partial charge on any atom is -0.474 e. The van der Waals surface area contributed by atoms with E-state index in [2.05, 4.69) is 66.2 Å². The number of aromatic nitrogens is 5. The largest absolute Gasteiger partial charge is 0.474 e. The van der Waals surface area contributed by atoms with Crippen LogP contribution in [0, 0.1) is 12.8 Å². The summed E-state index contributed by atoms with van der Waals surface area (Å²) >= 11 is 1.59. The Labute approximate surface area is 405 Å². The van der Waals surface area contributed by atoms with Crippen molar-refractivity contribution in [3.8, 4) is 33.3 Å². The van der Waals surface area contributed by atoms with E-state index in [0.717, 1.165) is 94.6 Å². The van der Waals surface area contributed by atoms with Crippen molar-refractivity contribution in [3.05, 3.63) is 108 Å². The van der Waals surface area contributed by atoms with Crippen LogP contribution >= 0.6 is 11.3 Å². The molecule has 3 aliphatic rings. The van der Waals surface area contributed by atoms with Gasteiger partial charge in [-0.1, -0.05) is 50.2 Å². The zero-order valence-electron chi connectivity index (χ0n) is 39.8. The smallest absolute Gasteiger partial charge is 0.254 e. The Balaban J connectivity index is 0.644. The molecule has 3 fully saturated rings. The number of hydrogen-bond acceptors (Lipinski definition) is 13. The molecule has 0 bridgehead atoms. The number of amides is 2. The van der Waals surface area contributed by atoms with E-state index in [1.54, 1.807) is 17.4 Å². The first-order chi connectivity index (χ1) is 33.4. The second kappa shape index (κ2) is 20.0. The van der Waals surface area contributed by atoms with E-state index in [1.165, 1.54) is 10.3 Å². The maximum Gasteiger partial charge on any atom is 0.254 e. The van der Waals surface area contributed by atoms with Crippen molar-refractivity contribution in [2.24, 2.45) is 13.0 Å². The van der Waals surface area contributed by atoms with Gasteiger partial charge in [0.2, 0.25) is 17.7 Å². The number of fused-ring (bicyclic) bond motifs is 3. The van der Waals surface area contributed by atoms with Gasteiger partial charge in [0.15, 0.2) is 5.76 Å². The van der Waals surface area contributed by atoms with Crippen LogP contribution in [0.25, 0.3) is 43.4 Å². The normalized spacial score (nSPS) is 20.9. The highest BCUT2D eigenvalue weighted by Crippen LogP contribution is 2.36. The van der Waals surface area contributed by atoms with Gasteiger partial charge in [0.05, 0.1) is 46.0 Å². The Kier molecular flexibility index (Phi) is 13.5. The number of hydrogen-bond donors (Lipinski definition) is 2. The van der Waals surface area contributed by atoms with Crippen molar-refractivity contribution < 1.29 is 33.4 Å². The van der Waals surface area contributed by atoms with Gasteiger partial charge < -0.3 is 38.6 Å². The molecule has 1 unspecified atom stereocenters. The molecule has 2 aliphatic heterocycles. The van der Waals surface area contributed by atoms with Crippen LogP contribution < -0.4 is 14.8 Å². The third-order valence-electron chi connectivity index (χ3n) is 14.2. The van der Waals surface area contributed by atoms with Crippen molar-refractivity contribution in [2.75, 3.05) is 32.8 Å². The van der Waals surface area contributed by atoms with Crippen LogP contribution in [0.3, 0.4) is 0 Å². The van der Waals surface area contributed by atoms with Gasteiger partial charge >= 0.3 is 0 Å². The molecular formula is C53H60N8O7S. The quantitative estimate of drug-likeness (QED) is 0.0953. The molecule has 1 aliphatic carbocycles. The summed E-state index contributed by atoms with van der Waals surface area (Å²) in [5.41, 5.74) is 9.30. The molecule has 2 saturated heterocycles. The number of pyridine rings is 2. The fourth-order valence-corrected chi connectivity index (χ4v) is 11.0. The van der Waals surface area contributed by atoms with Crippen LogP contribution in [0.4, 0.5) is 0 Å². The van der Waals surface area contributed by atoms with Gasteiger partial charge in [0.1, 0.15) is 24.7 Å². The number of thiazole rings is 1. The molecule has 1 saturated carbocycles. The van der Waals surface area contributed by atoms with E-state index in [1.807, 2.05) is 88.2 Å². The van der Waals surface area contributed by atoms with Crippen molar-refractivity contribution in [1.29, 1.82) is 0 Å².